The molecule has 0 unspecified atom stereocenters. The maximum Gasteiger partial charge on any atom is 0.225 e. The maximum absolute atomic E-state index is 12.4. The summed E-state index contributed by atoms with van der Waals surface area (Å²) in [4.78, 5) is 32.6. The highest BCUT2D eigenvalue weighted by atomic mass is 32.1. The zero-order valence-corrected chi connectivity index (χ0v) is 15.6. The van der Waals surface area contributed by atoms with E-state index in [-0.39, 0.29) is 17.7 Å². The Bertz CT molecular complexity index is 622. The number of fused-ring (bicyclic) bond motifs is 1. The molecule has 1 saturated carbocycles. The molecule has 2 amide bonds. The summed E-state index contributed by atoms with van der Waals surface area (Å²) in [5, 5.41) is 4.25. The summed E-state index contributed by atoms with van der Waals surface area (Å²) >= 11 is 1.83. The third-order valence-corrected chi connectivity index (χ3v) is 6.85. The maximum atomic E-state index is 12.4. The van der Waals surface area contributed by atoms with E-state index in [2.05, 4.69) is 5.32 Å². The van der Waals surface area contributed by atoms with E-state index in [0.717, 1.165) is 56.6 Å². The number of hydrogen-bond donors (Lipinski definition) is 1. The first kappa shape index (κ1) is 17.0. The van der Waals surface area contributed by atoms with Crippen LogP contribution in [0.3, 0.4) is 0 Å². The highest BCUT2D eigenvalue weighted by Crippen LogP contribution is 2.32. The van der Waals surface area contributed by atoms with Crippen LogP contribution in [0.1, 0.15) is 54.1 Å². The lowest BCUT2D eigenvalue weighted by Gasteiger charge is -2.31. The Morgan fingerprint density at radius 3 is 2.56 bits per heavy atom. The minimum absolute atomic E-state index is 0.0627. The van der Waals surface area contributed by atoms with Crippen LogP contribution in [-0.2, 0) is 28.9 Å². The van der Waals surface area contributed by atoms with Crippen LogP contribution in [0.15, 0.2) is 0 Å². The van der Waals surface area contributed by atoms with Gasteiger partial charge in [-0.2, -0.15) is 0 Å². The lowest BCUT2D eigenvalue weighted by Crippen LogP contribution is -2.43. The molecule has 0 spiro atoms. The average Bonchev–Trinajstić information content (AvgIpc) is 3.41. The monoisotopic (exact) mass is 361 g/mol. The van der Waals surface area contributed by atoms with Gasteiger partial charge in [-0.25, -0.2) is 4.98 Å². The number of aromatic nitrogens is 1. The molecule has 0 radical (unpaired) electrons. The fraction of sp³-hybridized carbons (Fsp3) is 0.737. The SMILES string of the molecule is O=C(NCCc1nc2c(s1)CCCC2)C1CCN(C(=O)C2CC2)CC1. The van der Waals surface area contributed by atoms with Crippen molar-refractivity contribution in [3.63, 3.8) is 0 Å². The molecule has 1 saturated heterocycles. The molecule has 1 N–H and O–H groups in total. The van der Waals surface area contributed by atoms with Gasteiger partial charge >= 0.3 is 0 Å². The number of likely N-dealkylation sites (tertiary alicyclic amines) is 1. The van der Waals surface area contributed by atoms with Gasteiger partial charge in [0.2, 0.25) is 11.8 Å². The van der Waals surface area contributed by atoms with Crippen molar-refractivity contribution in [3.05, 3.63) is 15.6 Å². The molecule has 2 fully saturated rings. The van der Waals surface area contributed by atoms with Crippen LogP contribution < -0.4 is 5.32 Å². The second-order valence-corrected chi connectivity index (χ2v) is 8.77. The summed E-state index contributed by atoms with van der Waals surface area (Å²) in [6.07, 6.45) is 9.39. The molecule has 0 aromatic carbocycles. The van der Waals surface area contributed by atoms with Crippen LogP contribution >= 0.6 is 11.3 Å². The van der Waals surface area contributed by atoms with E-state index in [1.54, 1.807) is 0 Å². The highest BCUT2D eigenvalue weighted by molar-refractivity contribution is 7.11. The summed E-state index contributed by atoms with van der Waals surface area (Å²) in [6.45, 7) is 2.16. The standard InChI is InChI=1S/C19H27N3O2S/c23-18(13-8-11-22(12-9-13)19(24)14-5-6-14)20-10-7-17-21-15-3-1-2-4-16(15)25-17/h13-14H,1-12H2,(H,20,23). The Hall–Kier alpha value is -1.43. The molecule has 0 atom stereocenters. The van der Waals surface area contributed by atoms with Crippen molar-refractivity contribution < 1.29 is 9.59 Å². The minimum Gasteiger partial charge on any atom is -0.355 e. The summed E-state index contributed by atoms with van der Waals surface area (Å²) < 4.78 is 0. The van der Waals surface area contributed by atoms with Crippen molar-refractivity contribution in [2.75, 3.05) is 19.6 Å². The number of rotatable bonds is 5. The van der Waals surface area contributed by atoms with Gasteiger partial charge in [-0.15, -0.1) is 11.3 Å². The largest absolute Gasteiger partial charge is 0.355 e. The number of nitrogens with one attached hydrogen (secondary N) is 1. The summed E-state index contributed by atoms with van der Waals surface area (Å²) in [5.74, 6) is 0.814. The predicted octanol–water partition coefficient (Wildman–Crippen LogP) is 2.33. The number of thiazole rings is 1. The summed E-state index contributed by atoms with van der Waals surface area (Å²) in [7, 11) is 0. The number of amides is 2. The van der Waals surface area contributed by atoms with Crippen molar-refractivity contribution in [2.24, 2.45) is 11.8 Å². The van der Waals surface area contributed by atoms with Crippen molar-refractivity contribution in [1.29, 1.82) is 0 Å². The molecule has 0 bridgehead atoms. The van der Waals surface area contributed by atoms with E-state index in [1.807, 2.05) is 16.2 Å². The molecule has 1 aromatic rings. The van der Waals surface area contributed by atoms with Gasteiger partial charge in [-0.3, -0.25) is 9.59 Å². The molecule has 4 rings (SSSR count). The summed E-state index contributed by atoms with van der Waals surface area (Å²) in [6, 6.07) is 0. The Morgan fingerprint density at radius 1 is 1.08 bits per heavy atom. The number of carbonyl (C=O) groups is 2. The number of nitrogens with zero attached hydrogens (tertiary/aromatic N) is 2. The topological polar surface area (TPSA) is 62.3 Å². The summed E-state index contributed by atoms with van der Waals surface area (Å²) in [5.41, 5.74) is 1.30. The molecule has 5 nitrogen and oxygen atoms in total. The fourth-order valence-electron chi connectivity index (χ4n) is 3.90. The first-order valence-electron chi connectivity index (χ1n) is 9.74. The van der Waals surface area contributed by atoms with E-state index in [1.165, 1.54) is 29.8 Å². The molecule has 136 valence electrons. The van der Waals surface area contributed by atoms with Gasteiger partial charge in [-0.1, -0.05) is 0 Å². The number of hydrogen-bond acceptors (Lipinski definition) is 4. The molecule has 1 aromatic heterocycles. The van der Waals surface area contributed by atoms with E-state index >= 15 is 0 Å². The normalized spacial score (nSPS) is 21.0. The van der Waals surface area contributed by atoms with E-state index < -0.39 is 0 Å². The van der Waals surface area contributed by atoms with Crippen LogP contribution in [0, 0.1) is 11.8 Å². The predicted molar refractivity (Wildman–Crippen MR) is 97.5 cm³/mol. The van der Waals surface area contributed by atoms with Gasteiger partial charge in [0.15, 0.2) is 0 Å². The van der Waals surface area contributed by atoms with Crippen molar-refractivity contribution in [2.45, 2.75) is 57.8 Å². The van der Waals surface area contributed by atoms with E-state index in [4.69, 9.17) is 4.98 Å². The quantitative estimate of drug-likeness (QED) is 0.875. The van der Waals surface area contributed by atoms with E-state index in [0.29, 0.717) is 12.5 Å². The average molecular weight is 362 g/mol. The zero-order valence-electron chi connectivity index (χ0n) is 14.8. The second kappa shape index (κ2) is 7.44. The van der Waals surface area contributed by atoms with Crippen molar-refractivity contribution >= 4 is 23.2 Å². The van der Waals surface area contributed by atoms with Gasteiger partial charge in [0.25, 0.3) is 0 Å². The third kappa shape index (κ3) is 4.05. The molecule has 25 heavy (non-hydrogen) atoms. The lowest BCUT2D eigenvalue weighted by atomic mass is 9.95. The van der Waals surface area contributed by atoms with Gasteiger partial charge in [-0.05, 0) is 51.4 Å². The molecule has 2 aliphatic carbocycles. The second-order valence-electron chi connectivity index (χ2n) is 7.60. The zero-order chi connectivity index (χ0) is 17.2. The molecule has 2 heterocycles. The first-order valence-corrected chi connectivity index (χ1v) is 10.6. The highest BCUT2D eigenvalue weighted by Gasteiger charge is 2.35. The van der Waals surface area contributed by atoms with Gasteiger partial charge < -0.3 is 10.2 Å². The number of carbonyl (C=O) groups excluding carboxylic acids is 2. The van der Waals surface area contributed by atoms with Crippen LogP contribution in [0.5, 0.6) is 0 Å². The van der Waals surface area contributed by atoms with E-state index in [9.17, 15) is 9.59 Å². The van der Waals surface area contributed by atoms with Crippen molar-refractivity contribution in [1.82, 2.24) is 15.2 Å². The fourth-order valence-corrected chi connectivity index (χ4v) is 5.06. The van der Waals surface area contributed by atoms with Crippen LogP contribution in [0.25, 0.3) is 0 Å². The third-order valence-electron chi connectivity index (χ3n) is 5.63. The number of piperidine rings is 1. The lowest BCUT2D eigenvalue weighted by molar-refractivity contribution is -0.136. The van der Waals surface area contributed by atoms with Gasteiger partial charge in [0.05, 0.1) is 10.7 Å². The molecule has 1 aliphatic heterocycles. The molecule has 3 aliphatic rings. The molecular weight excluding hydrogens is 334 g/mol. The molecule has 6 heteroatoms. The van der Waals surface area contributed by atoms with Gasteiger partial charge in [0.1, 0.15) is 0 Å². The van der Waals surface area contributed by atoms with Crippen LogP contribution in [0.4, 0.5) is 0 Å². The Labute approximate surface area is 153 Å². The Balaban J connectivity index is 1.19. The van der Waals surface area contributed by atoms with Crippen LogP contribution in [0.2, 0.25) is 0 Å². The van der Waals surface area contributed by atoms with Crippen LogP contribution in [-0.4, -0.2) is 41.3 Å². The van der Waals surface area contributed by atoms with Crippen molar-refractivity contribution in [3.8, 4) is 0 Å². The Morgan fingerprint density at radius 2 is 1.84 bits per heavy atom. The smallest absolute Gasteiger partial charge is 0.225 e. The minimum atomic E-state index is 0.0627. The first-order chi connectivity index (χ1) is 12.2. The molecular formula is C19H27N3O2S. The Kier molecular flexibility index (Phi) is 5.06. The van der Waals surface area contributed by atoms with Gasteiger partial charge in [0, 0.05) is 42.8 Å². The number of aryl methyl sites for hydroxylation is 2.